The third kappa shape index (κ3) is 2.81. The van der Waals surface area contributed by atoms with Crippen LogP contribution < -0.4 is 4.74 Å². The van der Waals surface area contributed by atoms with Crippen LogP contribution in [0.4, 0.5) is 0 Å². The molecule has 19 heavy (non-hydrogen) atoms. The number of benzene rings is 1. The molecule has 0 radical (unpaired) electrons. The Morgan fingerprint density at radius 1 is 1.21 bits per heavy atom. The Balaban J connectivity index is 2.36. The van der Waals surface area contributed by atoms with Crippen LogP contribution in [0.3, 0.4) is 0 Å². The Kier molecular flexibility index (Phi) is 4.29. The Hall–Kier alpha value is -2.16. The van der Waals surface area contributed by atoms with Gasteiger partial charge in [-0.2, -0.15) is 0 Å². The number of methoxy groups -OCH3 is 1. The van der Waals surface area contributed by atoms with E-state index in [9.17, 15) is 4.79 Å². The summed E-state index contributed by atoms with van der Waals surface area (Å²) in [6.07, 6.45) is 2.36. The third-order valence-electron chi connectivity index (χ3n) is 3.15. The minimum atomic E-state index is -0.176. The highest BCUT2D eigenvalue weighted by Gasteiger charge is 2.23. The summed E-state index contributed by atoms with van der Waals surface area (Å²) in [6.45, 7) is 2.00. The summed E-state index contributed by atoms with van der Waals surface area (Å²) in [5.74, 6) is 0.359. The zero-order valence-electron chi connectivity index (χ0n) is 11.2. The van der Waals surface area contributed by atoms with Crippen molar-refractivity contribution in [3.8, 4) is 5.75 Å². The molecule has 3 nitrogen and oxygen atoms in total. The van der Waals surface area contributed by atoms with Crippen molar-refractivity contribution >= 4 is 5.78 Å². The highest BCUT2D eigenvalue weighted by atomic mass is 16.5. The molecule has 0 bridgehead atoms. The Morgan fingerprint density at radius 3 is 2.58 bits per heavy atom. The molecule has 1 unspecified atom stereocenters. The van der Waals surface area contributed by atoms with E-state index in [0.29, 0.717) is 11.4 Å². The van der Waals surface area contributed by atoms with Gasteiger partial charge in [0.05, 0.1) is 7.11 Å². The average molecular weight is 255 g/mol. The molecule has 0 amide bonds. The molecule has 1 aromatic heterocycles. The summed E-state index contributed by atoms with van der Waals surface area (Å²) in [6, 6.07) is 13.3. The Labute approximate surface area is 113 Å². The molecule has 98 valence electrons. The molecule has 0 saturated heterocycles. The second-order valence-corrected chi connectivity index (χ2v) is 4.29. The zero-order valence-corrected chi connectivity index (χ0v) is 11.2. The summed E-state index contributed by atoms with van der Waals surface area (Å²) in [5, 5.41) is 0. The van der Waals surface area contributed by atoms with Gasteiger partial charge in [0.15, 0.2) is 5.78 Å². The normalized spacial score (nSPS) is 11.9. The molecule has 2 rings (SSSR count). The lowest BCUT2D eigenvalue weighted by molar-refractivity contribution is 0.0949. The average Bonchev–Trinajstić information content (AvgIpc) is 2.49. The second-order valence-electron chi connectivity index (χ2n) is 4.29. The first kappa shape index (κ1) is 13.3. The topological polar surface area (TPSA) is 39.2 Å². The van der Waals surface area contributed by atoms with Gasteiger partial charge in [0.25, 0.3) is 0 Å². The third-order valence-corrected chi connectivity index (χ3v) is 3.15. The standard InChI is InChI=1S/C16H17NO2/c1-3-13(12-8-5-4-6-9-12)16(18)15-14(19-2)10-7-11-17-15/h4-11,13H,3H2,1-2H3. The first-order chi connectivity index (χ1) is 9.27. The van der Waals surface area contributed by atoms with Gasteiger partial charge in [-0.1, -0.05) is 37.3 Å². The van der Waals surface area contributed by atoms with Crippen molar-refractivity contribution in [2.75, 3.05) is 7.11 Å². The Morgan fingerprint density at radius 2 is 1.95 bits per heavy atom. The van der Waals surface area contributed by atoms with Crippen molar-refractivity contribution < 1.29 is 9.53 Å². The molecule has 0 saturated carbocycles. The van der Waals surface area contributed by atoms with E-state index in [2.05, 4.69) is 4.98 Å². The molecular weight excluding hydrogens is 238 g/mol. The van der Waals surface area contributed by atoms with Gasteiger partial charge in [0.1, 0.15) is 11.4 Å². The van der Waals surface area contributed by atoms with Gasteiger partial charge in [-0.25, -0.2) is 4.98 Å². The number of ketones is 1. The van der Waals surface area contributed by atoms with Gasteiger partial charge in [-0.3, -0.25) is 4.79 Å². The largest absolute Gasteiger partial charge is 0.494 e. The smallest absolute Gasteiger partial charge is 0.192 e. The molecule has 3 heteroatoms. The van der Waals surface area contributed by atoms with Crippen LogP contribution in [0, 0.1) is 0 Å². The number of hydrogen-bond donors (Lipinski definition) is 0. The van der Waals surface area contributed by atoms with Crippen LogP contribution in [0.15, 0.2) is 48.7 Å². The predicted molar refractivity (Wildman–Crippen MR) is 74.6 cm³/mol. The molecule has 0 N–H and O–H groups in total. The van der Waals surface area contributed by atoms with E-state index in [0.717, 1.165) is 12.0 Å². The molecule has 2 aromatic rings. The van der Waals surface area contributed by atoms with Crippen molar-refractivity contribution in [1.82, 2.24) is 4.98 Å². The maximum atomic E-state index is 12.6. The number of nitrogens with zero attached hydrogens (tertiary/aromatic N) is 1. The number of carbonyl (C=O) groups excluding carboxylic acids is 1. The number of Topliss-reactive ketones (excluding diaryl/α,β-unsaturated/α-hetero) is 1. The van der Waals surface area contributed by atoms with E-state index in [4.69, 9.17) is 4.74 Å². The lowest BCUT2D eigenvalue weighted by Crippen LogP contribution is -2.14. The van der Waals surface area contributed by atoms with Gasteiger partial charge < -0.3 is 4.74 Å². The minimum absolute atomic E-state index is 0.00569. The fourth-order valence-corrected chi connectivity index (χ4v) is 2.16. The summed E-state index contributed by atoms with van der Waals surface area (Å²) in [7, 11) is 1.55. The van der Waals surface area contributed by atoms with Crippen molar-refractivity contribution in [3.05, 3.63) is 59.9 Å². The molecular formula is C16H17NO2. The number of carbonyl (C=O) groups is 1. The molecule has 0 fully saturated rings. The van der Waals surface area contributed by atoms with Gasteiger partial charge in [0.2, 0.25) is 0 Å². The zero-order chi connectivity index (χ0) is 13.7. The van der Waals surface area contributed by atoms with Crippen molar-refractivity contribution in [1.29, 1.82) is 0 Å². The number of hydrogen-bond acceptors (Lipinski definition) is 3. The molecule has 1 aromatic carbocycles. The molecule has 1 atom stereocenters. The van der Waals surface area contributed by atoms with E-state index in [1.807, 2.05) is 37.3 Å². The summed E-state index contributed by atoms with van der Waals surface area (Å²) in [4.78, 5) is 16.8. The highest BCUT2D eigenvalue weighted by molar-refractivity contribution is 6.01. The summed E-state index contributed by atoms with van der Waals surface area (Å²) >= 11 is 0. The van der Waals surface area contributed by atoms with Crippen LogP contribution >= 0.6 is 0 Å². The van der Waals surface area contributed by atoms with Crippen LogP contribution in [0.2, 0.25) is 0 Å². The van der Waals surface area contributed by atoms with Crippen LogP contribution in [0.5, 0.6) is 5.75 Å². The fourth-order valence-electron chi connectivity index (χ4n) is 2.16. The SMILES string of the molecule is CCC(C(=O)c1ncccc1OC)c1ccccc1. The van der Waals surface area contributed by atoms with E-state index < -0.39 is 0 Å². The van der Waals surface area contributed by atoms with Crippen molar-refractivity contribution in [2.24, 2.45) is 0 Å². The summed E-state index contributed by atoms with van der Waals surface area (Å²) in [5.41, 5.74) is 1.42. The number of pyridine rings is 1. The van der Waals surface area contributed by atoms with E-state index in [1.165, 1.54) is 0 Å². The number of aromatic nitrogens is 1. The predicted octanol–water partition coefficient (Wildman–Crippen LogP) is 3.47. The van der Waals surface area contributed by atoms with Crippen LogP contribution in [0.1, 0.15) is 35.3 Å². The molecule has 1 heterocycles. The number of rotatable bonds is 5. The van der Waals surface area contributed by atoms with Gasteiger partial charge >= 0.3 is 0 Å². The van der Waals surface area contributed by atoms with Crippen LogP contribution in [-0.4, -0.2) is 17.9 Å². The maximum Gasteiger partial charge on any atom is 0.192 e. The minimum Gasteiger partial charge on any atom is -0.494 e. The van der Waals surface area contributed by atoms with Crippen LogP contribution in [-0.2, 0) is 0 Å². The van der Waals surface area contributed by atoms with Gasteiger partial charge in [-0.15, -0.1) is 0 Å². The molecule has 0 aliphatic heterocycles. The fraction of sp³-hybridized carbons (Fsp3) is 0.250. The molecule has 0 aliphatic carbocycles. The van der Waals surface area contributed by atoms with Gasteiger partial charge in [0, 0.05) is 12.1 Å². The second kappa shape index (κ2) is 6.14. The van der Waals surface area contributed by atoms with Crippen LogP contribution in [0.25, 0.3) is 0 Å². The van der Waals surface area contributed by atoms with E-state index in [-0.39, 0.29) is 11.7 Å². The van der Waals surface area contributed by atoms with E-state index >= 15 is 0 Å². The highest BCUT2D eigenvalue weighted by Crippen LogP contribution is 2.27. The van der Waals surface area contributed by atoms with Crippen molar-refractivity contribution in [3.63, 3.8) is 0 Å². The quantitative estimate of drug-likeness (QED) is 0.768. The lowest BCUT2D eigenvalue weighted by atomic mass is 9.90. The Bertz CT molecular complexity index is 552. The number of ether oxygens (including phenoxy) is 1. The van der Waals surface area contributed by atoms with E-state index in [1.54, 1.807) is 25.4 Å². The first-order valence-corrected chi connectivity index (χ1v) is 6.36. The maximum absolute atomic E-state index is 12.6. The monoisotopic (exact) mass is 255 g/mol. The molecule has 0 aliphatic rings. The van der Waals surface area contributed by atoms with Crippen molar-refractivity contribution in [2.45, 2.75) is 19.3 Å². The van der Waals surface area contributed by atoms with Gasteiger partial charge in [-0.05, 0) is 24.1 Å². The first-order valence-electron chi connectivity index (χ1n) is 6.36. The molecule has 0 spiro atoms. The lowest BCUT2D eigenvalue weighted by Gasteiger charge is -2.15. The summed E-state index contributed by atoms with van der Waals surface area (Å²) < 4.78 is 5.21.